The lowest BCUT2D eigenvalue weighted by molar-refractivity contribution is -0.145. The van der Waals surface area contributed by atoms with Crippen LogP contribution in [-0.4, -0.2) is 46.2 Å². The Hall–Kier alpha value is -1.83. The lowest BCUT2D eigenvalue weighted by atomic mass is 9.80. The molecule has 1 amide bonds. The number of carbonyl (C=O) groups excluding carboxylic acids is 1. The van der Waals surface area contributed by atoms with Gasteiger partial charge in [-0.1, -0.05) is 26.7 Å². The summed E-state index contributed by atoms with van der Waals surface area (Å²) in [4.78, 5) is 23.0. The van der Waals surface area contributed by atoms with E-state index in [9.17, 15) is 19.8 Å². The highest BCUT2D eigenvalue weighted by Gasteiger charge is 2.50. The Labute approximate surface area is 136 Å². The number of rotatable bonds is 7. The molecule has 7 N–H and O–H groups in total. The SMILES string of the molecule is CCC(CC)[C@H](NC(C)=O)[C@H]1[C@@H](O)[C@@H](C(=O)O)C[C@H]1NC(=N)N. The molecule has 1 fully saturated rings. The number of guanidine groups is 1. The largest absolute Gasteiger partial charge is 0.481 e. The third kappa shape index (κ3) is 4.57. The van der Waals surface area contributed by atoms with Crippen molar-refractivity contribution in [3.8, 4) is 0 Å². The van der Waals surface area contributed by atoms with Crippen molar-refractivity contribution < 1.29 is 19.8 Å². The van der Waals surface area contributed by atoms with Gasteiger partial charge < -0.3 is 26.6 Å². The van der Waals surface area contributed by atoms with Gasteiger partial charge in [-0.15, -0.1) is 0 Å². The number of amides is 1. The molecule has 1 rings (SSSR count). The van der Waals surface area contributed by atoms with E-state index in [4.69, 9.17) is 11.1 Å². The minimum Gasteiger partial charge on any atom is -0.481 e. The number of aliphatic carboxylic acids is 1. The normalized spacial score (nSPS) is 28.4. The molecule has 0 aromatic heterocycles. The first-order valence-electron chi connectivity index (χ1n) is 8.01. The third-order valence-electron chi connectivity index (χ3n) is 4.78. The van der Waals surface area contributed by atoms with E-state index in [-0.39, 0.29) is 30.2 Å². The standard InChI is InChI=1S/C15H28N4O4/c1-4-8(5-2)12(18-7(3)20)11-10(19-15(16)17)6-9(13(11)21)14(22)23/h8-13,21H,4-6H2,1-3H3,(H,18,20)(H,22,23)(H4,16,17,19)/t9-,10+,11-,12-,13-/m0/s1. The Balaban J connectivity index is 3.17. The number of carboxylic acids is 1. The summed E-state index contributed by atoms with van der Waals surface area (Å²) < 4.78 is 0. The summed E-state index contributed by atoms with van der Waals surface area (Å²) in [5.74, 6) is -2.95. The Kier molecular flexibility index (Phi) is 6.80. The van der Waals surface area contributed by atoms with Crippen molar-refractivity contribution in [1.29, 1.82) is 5.41 Å². The molecule has 0 aromatic rings. The van der Waals surface area contributed by atoms with Crippen molar-refractivity contribution in [2.75, 3.05) is 0 Å². The van der Waals surface area contributed by atoms with E-state index in [1.807, 2.05) is 13.8 Å². The maximum atomic E-state index is 11.6. The van der Waals surface area contributed by atoms with Gasteiger partial charge in [-0.05, 0) is 12.3 Å². The Morgan fingerprint density at radius 3 is 2.30 bits per heavy atom. The number of aliphatic hydroxyl groups is 1. The average molecular weight is 328 g/mol. The van der Waals surface area contributed by atoms with Gasteiger partial charge in [0.25, 0.3) is 0 Å². The summed E-state index contributed by atoms with van der Waals surface area (Å²) >= 11 is 0. The molecule has 132 valence electrons. The molecule has 1 aliphatic carbocycles. The van der Waals surface area contributed by atoms with Crippen LogP contribution >= 0.6 is 0 Å². The van der Waals surface area contributed by atoms with Crippen molar-refractivity contribution in [2.45, 2.75) is 58.2 Å². The zero-order valence-electron chi connectivity index (χ0n) is 13.9. The van der Waals surface area contributed by atoms with E-state index in [1.165, 1.54) is 6.92 Å². The first-order chi connectivity index (χ1) is 10.7. The molecule has 0 spiro atoms. The second kappa shape index (κ2) is 8.14. The summed E-state index contributed by atoms with van der Waals surface area (Å²) in [5.41, 5.74) is 5.40. The topological polar surface area (TPSA) is 149 Å². The number of hydrogen-bond donors (Lipinski definition) is 6. The minimum atomic E-state index is -1.11. The molecule has 1 saturated carbocycles. The van der Waals surface area contributed by atoms with Crippen LogP contribution in [0.5, 0.6) is 0 Å². The van der Waals surface area contributed by atoms with E-state index in [1.54, 1.807) is 0 Å². The van der Waals surface area contributed by atoms with Gasteiger partial charge in [-0.3, -0.25) is 15.0 Å². The van der Waals surface area contributed by atoms with Gasteiger partial charge in [0.05, 0.1) is 12.0 Å². The molecule has 8 nitrogen and oxygen atoms in total. The molecule has 1 aliphatic rings. The molecular weight excluding hydrogens is 300 g/mol. The zero-order valence-corrected chi connectivity index (χ0v) is 13.9. The van der Waals surface area contributed by atoms with Crippen LogP contribution in [0.25, 0.3) is 0 Å². The first-order valence-corrected chi connectivity index (χ1v) is 8.01. The summed E-state index contributed by atoms with van der Waals surface area (Å²) in [7, 11) is 0. The molecule has 0 aromatic carbocycles. The van der Waals surface area contributed by atoms with Gasteiger partial charge in [0, 0.05) is 24.9 Å². The van der Waals surface area contributed by atoms with Crippen LogP contribution in [-0.2, 0) is 9.59 Å². The van der Waals surface area contributed by atoms with Gasteiger partial charge in [-0.2, -0.15) is 0 Å². The Morgan fingerprint density at radius 2 is 1.91 bits per heavy atom. The monoisotopic (exact) mass is 328 g/mol. The second-order valence-electron chi connectivity index (χ2n) is 6.22. The van der Waals surface area contributed by atoms with Crippen LogP contribution in [0.2, 0.25) is 0 Å². The predicted octanol–water partition coefficient (Wildman–Crippen LogP) is -0.139. The highest BCUT2D eigenvalue weighted by atomic mass is 16.4. The maximum absolute atomic E-state index is 11.6. The summed E-state index contributed by atoms with van der Waals surface area (Å²) in [5, 5.41) is 32.9. The Bertz CT molecular complexity index is 453. The van der Waals surface area contributed by atoms with Crippen LogP contribution < -0.4 is 16.4 Å². The fraction of sp³-hybridized carbons (Fsp3) is 0.800. The quantitative estimate of drug-likeness (QED) is 0.283. The fourth-order valence-corrected chi connectivity index (χ4v) is 3.70. The van der Waals surface area contributed by atoms with Crippen LogP contribution in [0.4, 0.5) is 0 Å². The molecular formula is C15H28N4O4. The fourth-order valence-electron chi connectivity index (χ4n) is 3.70. The number of nitrogens with two attached hydrogens (primary N) is 1. The highest BCUT2D eigenvalue weighted by molar-refractivity contribution is 5.76. The molecule has 0 heterocycles. The van der Waals surface area contributed by atoms with E-state index in [0.717, 1.165) is 12.8 Å². The van der Waals surface area contributed by atoms with Crippen molar-refractivity contribution in [2.24, 2.45) is 23.5 Å². The molecule has 0 bridgehead atoms. The first kappa shape index (κ1) is 19.2. The van der Waals surface area contributed by atoms with Crippen molar-refractivity contribution in [3.63, 3.8) is 0 Å². The van der Waals surface area contributed by atoms with Gasteiger partial charge in [0.2, 0.25) is 5.91 Å². The Morgan fingerprint density at radius 1 is 1.35 bits per heavy atom. The lowest BCUT2D eigenvalue weighted by Gasteiger charge is -2.36. The van der Waals surface area contributed by atoms with E-state index in [2.05, 4.69) is 10.6 Å². The number of hydrogen-bond acceptors (Lipinski definition) is 4. The number of nitrogens with one attached hydrogen (secondary N) is 3. The van der Waals surface area contributed by atoms with Crippen molar-refractivity contribution in [3.05, 3.63) is 0 Å². The summed E-state index contributed by atoms with van der Waals surface area (Å²) in [6, 6.07) is -0.847. The summed E-state index contributed by atoms with van der Waals surface area (Å²) in [6.07, 6.45) is 0.628. The maximum Gasteiger partial charge on any atom is 0.309 e. The van der Waals surface area contributed by atoms with Gasteiger partial charge >= 0.3 is 5.97 Å². The number of aliphatic hydroxyl groups excluding tert-OH is 1. The number of carbonyl (C=O) groups is 2. The van der Waals surface area contributed by atoms with Crippen LogP contribution in [0, 0.1) is 23.2 Å². The van der Waals surface area contributed by atoms with Crippen molar-refractivity contribution in [1.82, 2.24) is 10.6 Å². The van der Waals surface area contributed by atoms with E-state index >= 15 is 0 Å². The molecule has 0 saturated heterocycles. The molecule has 5 atom stereocenters. The smallest absolute Gasteiger partial charge is 0.309 e. The second-order valence-corrected chi connectivity index (χ2v) is 6.22. The van der Waals surface area contributed by atoms with Crippen LogP contribution in [0.1, 0.15) is 40.0 Å². The van der Waals surface area contributed by atoms with Crippen LogP contribution in [0.15, 0.2) is 0 Å². The molecule has 23 heavy (non-hydrogen) atoms. The molecule has 0 aliphatic heterocycles. The van der Waals surface area contributed by atoms with E-state index in [0.29, 0.717) is 0 Å². The number of carboxylic acid groups (broad SMARTS) is 1. The third-order valence-corrected chi connectivity index (χ3v) is 4.78. The minimum absolute atomic E-state index is 0.0994. The molecule has 0 unspecified atom stereocenters. The lowest BCUT2D eigenvalue weighted by Crippen LogP contribution is -2.54. The van der Waals surface area contributed by atoms with Crippen LogP contribution in [0.3, 0.4) is 0 Å². The van der Waals surface area contributed by atoms with E-state index < -0.39 is 30.0 Å². The van der Waals surface area contributed by atoms with Gasteiger partial charge in [0.1, 0.15) is 0 Å². The molecule has 8 heteroatoms. The zero-order chi connectivity index (χ0) is 17.7. The highest BCUT2D eigenvalue weighted by Crippen LogP contribution is 2.37. The summed E-state index contributed by atoms with van der Waals surface area (Å²) in [6.45, 7) is 5.39. The van der Waals surface area contributed by atoms with Gasteiger partial charge in [0.15, 0.2) is 5.96 Å². The van der Waals surface area contributed by atoms with Gasteiger partial charge in [-0.25, -0.2) is 0 Å². The predicted molar refractivity (Wildman–Crippen MR) is 85.8 cm³/mol. The molecule has 0 radical (unpaired) electrons. The average Bonchev–Trinajstić information content (AvgIpc) is 2.74. The van der Waals surface area contributed by atoms with Crippen molar-refractivity contribution >= 4 is 17.8 Å².